The van der Waals surface area contributed by atoms with Gasteiger partial charge in [0.1, 0.15) is 0 Å². The second-order valence-electron chi connectivity index (χ2n) is 5.75. The molecule has 1 atom stereocenters. The van der Waals surface area contributed by atoms with E-state index in [4.69, 9.17) is 10.5 Å². The fourth-order valence-electron chi connectivity index (χ4n) is 3.47. The van der Waals surface area contributed by atoms with Gasteiger partial charge in [0.05, 0.1) is 17.8 Å². The molecule has 2 heterocycles. The predicted octanol–water partition coefficient (Wildman–Crippen LogP) is 2.05. The van der Waals surface area contributed by atoms with Crippen molar-refractivity contribution in [3.05, 3.63) is 18.0 Å². The summed E-state index contributed by atoms with van der Waals surface area (Å²) < 4.78 is 8.22. The molecule has 0 radical (unpaired) electrons. The van der Waals surface area contributed by atoms with Gasteiger partial charge in [-0.25, -0.2) is 0 Å². The van der Waals surface area contributed by atoms with Crippen LogP contribution in [0.4, 0.5) is 0 Å². The van der Waals surface area contributed by atoms with Crippen molar-refractivity contribution >= 4 is 0 Å². The number of hydrogen-bond acceptors (Lipinski definition) is 3. The number of nitrogens with zero attached hydrogens (tertiary/aromatic N) is 2. The maximum absolute atomic E-state index is 6.07. The zero-order chi connectivity index (χ0) is 12.4. The van der Waals surface area contributed by atoms with Gasteiger partial charge in [-0.3, -0.25) is 4.68 Å². The van der Waals surface area contributed by atoms with Crippen LogP contribution in [0, 0.1) is 0 Å². The summed E-state index contributed by atoms with van der Waals surface area (Å²) in [5, 5.41) is 4.52. The summed E-state index contributed by atoms with van der Waals surface area (Å²) in [4.78, 5) is 0. The maximum atomic E-state index is 6.07. The van der Waals surface area contributed by atoms with E-state index in [1.54, 1.807) is 0 Å². The molecular formula is C14H23N3O. The van der Waals surface area contributed by atoms with Crippen LogP contribution in [0.2, 0.25) is 0 Å². The van der Waals surface area contributed by atoms with Gasteiger partial charge in [-0.15, -0.1) is 0 Å². The van der Waals surface area contributed by atoms with Gasteiger partial charge >= 0.3 is 0 Å². The summed E-state index contributed by atoms with van der Waals surface area (Å²) in [6, 6.07) is 0.517. The highest BCUT2D eigenvalue weighted by Crippen LogP contribution is 2.43. The van der Waals surface area contributed by atoms with Crippen LogP contribution in [0.25, 0.3) is 0 Å². The highest BCUT2D eigenvalue weighted by molar-refractivity contribution is 5.06. The van der Waals surface area contributed by atoms with Gasteiger partial charge < -0.3 is 10.5 Å². The highest BCUT2D eigenvalue weighted by Gasteiger charge is 2.40. The topological polar surface area (TPSA) is 53.1 Å². The van der Waals surface area contributed by atoms with E-state index in [1.807, 2.05) is 6.20 Å². The van der Waals surface area contributed by atoms with Crippen LogP contribution in [0.5, 0.6) is 0 Å². The van der Waals surface area contributed by atoms with Gasteiger partial charge in [-0.05, 0) is 44.2 Å². The molecule has 100 valence electrons. The van der Waals surface area contributed by atoms with Crippen molar-refractivity contribution in [1.82, 2.24) is 9.78 Å². The molecule has 2 aliphatic rings. The van der Waals surface area contributed by atoms with Crippen LogP contribution < -0.4 is 5.73 Å². The molecule has 1 aliphatic carbocycles. The third kappa shape index (κ3) is 2.31. The summed E-state index contributed by atoms with van der Waals surface area (Å²) in [5.41, 5.74) is 7.01. The molecule has 1 saturated carbocycles. The zero-order valence-electron chi connectivity index (χ0n) is 11.0. The largest absolute Gasteiger partial charge is 0.375 e. The summed E-state index contributed by atoms with van der Waals surface area (Å²) >= 11 is 0. The van der Waals surface area contributed by atoms with Crippen LogP contribution >= 0.6 is 0 Å². The first-order valence-electron chi connectivity index (χ1n) is 7.18. The van der Waals surface area contributed by atoms with Crippen molar-refractivity contribution in [2.24, 2.45) is 5.73 Å². The molecule has 18 heavy (non-hydrogen) atoms. The van der Waals surface area contributed by atoms with Crippen molar-refractivity contribution in [3.63, 3.8) is 0 Å². The molecule has 0 bridgehead atoms. The normalized spacial score (nSPS) is 26.8. The minimum atomic E-state index is 0.170. The lowest BCUT2D eigenvalue weighted by atomic mass is 9.89. The standard InChI is InChI=1S/C14H23N3O/c15-7-3-12-10-16-17(11-12)13-4-8-18-14(9-13)5-1-2-6-14/h10-11,13H,1-9,15H2. The summed E-state index contributed by atoms with van der Waals surface area (Å²) in [5.74, 6) is 0. The molecule has 1 saturated heterocycles. The quantitative estimate of drug-likeness (QED) is 0.892. The van der Waals surface area contributed by atoms with Gasteiger partial charge in [0.15, 0.2) is 0 Å². The number of aromatic nitrogens is 2. The Labute approximate surface area is 108 Å². The lowest BCUT2D eigenvalue weighted by Crippen LogP contribution is -2.38. The van der Waals surface area contributed by atoms with Crippen LogP contribution in [-0.4, -0.2) is 28.5 Å². The lowest BCUT2D eigenvalue weighted by Gasteiger charge is -2.38. The zero-order valence-corrected chi connectivity index (χ0v) is 11.0. The highest BCUT2D eigenvalue weighted by atomic mass is 16.5. The van der Waals surface area contributed by atoms with E-state index < -0.39 is 0 Å². The molecule has 4 nitrogen and oxygen atoms in total. The van der Waals surface area contributed by atoms with Crippen LogP contribution in [0.3, 0.4) is 0 Å². The minimum Gasteiger partial charge on any atom is -0.375 e. The smallest absolute Gasteiger partial charge is 0.0703 e. The van der Waals surface area contributed by atoms with Gasteiger partial charge in [0.2, 0.25) is 0 Å². The molecule has 1 aromatic heterocycles. The fraction of sp³-hybridized carbons (Fsp3) is 0.786. The number of nitrogens with two attached hydrogens (primary N) is 1. The van der Waals surface area contributed by atoms with Gasteiger partial charge in [-0.2, -0.15) is 5.10 Å². The number of rotatable bonds is 3. The first-order chi connectivity index (χ1) is 8.81. The number of hydrogen-bond donors (Lipinski definition) is 1. The van der Waals surface area contributed by atoms with Crippen molar-refractivity contribution in [3.8, 4) is 0 Å². The Morgan fingerprint density at radius 1 is 1.44 bits per heavy atom. The Balaban J connectivity index is 1.71. The molecular weight excluding hydrogens is 226 g/mol. The third-order valence-corrected chi connectivity index (χ3v) is 4.44. The van der Waals surface area contributed by atoms with Gasteiger partial charge in [0.25, 0.3) is 0 Å². The van der Waals surface area contributed by atoms with E-state index in [1.165, 1.54) is 31.2 Å². The van der Waals surface area contributed by atoms with Crippen molar-refractivity contribution < 1.29 is 4.74 Å². The predicted molar refractivity (Wildman–Crippen MR) is 70.4 cm³/mol. The molecule has 1 spiro atoms. The maximum Gasteiger partial charge on any atom is 0.0703 e. The van der Waals surface area contributed by atoms with Gasteiger partial charge in [0, 0.05) is 12.8 Å². The van der Waals surface area contributed by atoms with E-state index in [9.17, 15) is 0 Å². The van der Waals surface area contributed by atoms with Crippen LogP contribution in [-0.2, 0) is 11.2 Å². The monoisotopic (exact) mass is 249 g/mol. The molecule has 0 aromatic carbocycles. The fourth-order valence-corrected chi connectivity index (χ4v) is 3.47. The molecule has 0 amide bonds. The third-order valence-electron chi connectivity index (χ3n) is 4.44. The van der Waals surface area contributed by atoms with E-state index in [0.717, 1.165) is 25.9 Å². The first kappa shape index (κ1) is 12.2. The summed E-state index contributed by atoms with van der Waals surface area (Å²) in [6.07, 6.45) is 12.4. The Morgan fingerprint density at radius 3 is 3.06 bits per heavy atom. The molecule has 3 rings (SSSR count). The molecule has 1 aliphatic heterocycles. The van der Waals surface area contributed by atoms with Crippen molar-refractivity contribution in [1.29, 1.82) is 0 Å². The summed E-state index contributed by atoms with van der Waals surface area (Å²) in [6.45, 7) is 1.58. The average Bonchev–Trinajstić information content (AvgIpc) is 3.00. The van der Waals surface area contributed by atoms with E-state index in [0.29, 0.717) is 12.6 Å². The SMILES string of the molecule is NCCc1cnn(C2CCOC3(CCCC3)C2)c1. The van der Waals surface area contributed by atoms with Crippen LogP contribution in [0.1, 0.15) is 50.1 Å². The molecule has 1 aromatic rings. The second-order valence-corrected chi connectivity index (χ2v) is 5.75. The Morgan fingerprint density at radius 2 is 2.28 bits per heavy atom. The first-order valence-corrected chi connectivity index (χ1v) is 7.18. The lowest BCUT2D eigenvalue weighted by molar-refractivity contribution is -0.0910. The van der Waals surface area contributed by atoms with Crippen LogP contribution in [0.15, 0.2) is 12.4 Å². The minimum absolute atomic E-state index is 0.170. The van der Waals surface area contributed by atoms with E-state index in [-0.39, 0.29) is 5.60 Å². The number of ether oxygens (including phenoxy) is 1. The van der Waals surface area contributed by atoms with E-state index in [2.05, 4.69) is 16.0 Å². The molecule has 2 N–H and O–H groups in total. The molecule has 2 fully saturated rings. The molecule has 1 unspecified atom stereocenters. The van der Waals surface area contributed by atoms with E-state index >= 15 is 0 Å². The molecule has 4 heteroatoms. The second kappa shape index (κ2) is 5.02. The van der Waals surface area contributed by atoms with Gasteiger partial charge in [-0.1, -0.05) is 12.8 Å². The van der Waals surface area contributed by atoms with Crippen molar-refractivity contribution in [2.75, 3.05) is 13.2 Å². The van der Waals surface area contributed by atoms with Crippen molar-refractivity contribution in [2.45, 2.75) is 56.6 Å². The summed E-state index contributed by atoms with van der Waals surface area (Å²) in [7, 11) is 0. The Bertz CT molecular complexity index is 395. The average molecular weight is 249 g/mol. The Kier molecular flexibility index (Phi) is 3.39. The Hall–Kier alpha value is -0.870.